The number of alkyl halides is 3. The van der Waals surface area contributed by atoms with E-state index in [1.54, 1.807) is 0 Å². The Bertz CT molecular complexity index is 628. The Morgan fingerprint density at radius 1 is 1.24 bits per heavy atom. The molecule has 0 aliphatic carbocycles. The minimum absolute atomic E-state index is 0.00842. The molecular weight excluding hydrogens is 310 g/mol. The van der Waals surface area contributed by atoms with Crippen LogP contribution in [0, 0.1) is 5.82 Å². The lowest BCUT2D eigenvalue weighted by atomic mass is 9.99. The predicted octanol–water partition coefficient (Wildman–Crippen LogP) is 2.81. The lowest BCUT2D eigenvalue weighted by Gasteiger charge is -2.28. The van der Waals surface area contributed by atoms with Crippen molar-refractivity contribution < 1.29 is 26.0 Å². The molecule has 0 amide bonds. The Morgan fingerprint density at radius 3 is 2.43 bits per heavy atom. The van der Waals surface area contributed by atoms with Crippen molar-refractivity contribution >= 4 is 9.84 Å². The van der Waals surface area contributed by atoms with Gasteiger partial charge in [-0.3, -0.25) is 0 Å². The van der Waals surface area contributed by atoms with Crippen molar-refractivity contribution in [2.24, 2.45) is 5.73 Å². The normalized spacial score (nSPS) is 23.8. The lowest BCUT2D eigenvalue weighted by molar-refractivity contribution is -0.140. The van der Waals surface area contributed by atoms with Gasteiger partial charge in [0.05, 0.1) is 16.6 Å². The molecule has 8 heteroatoms. The molecule has 1 aliphatic heterocycles. The molecule has 2 N–H and O–H groups in total. The summed E-state index contributed by atoms with van der Waals surface area (Å²) in [6.07, 6.45) is -3.22. The van der Waals surface area contributed by atoms with Gasteiger partial charge in [-0.25, -0.2) is 12.8 Å². The summed E-state index contributed by atoms with van der Waals surface area (Å²) >= 11 is 0. The van der Waals surface area contributed by atoms with Crippen LogP contribution < -0.4 is 5.73 Å². The predicted molar refractivity (Wildman–Crippen MR) is 69.8 cm³/mol. The summed E-state index contributed by atoms with van der Waals surface area (Å²) in [5, 5.41) is -0.873. The summed E-state index contributed by atoms with van der Waals surface area (Å²) in [5.41, 5.74) is 4.53. The first-order chi connectivity index (χ1) is 9.63. The zero-order chi connectivity index (χ0) is 15.8. The SMILES string of the molecule is NC(c1ccc(C(F)(F)F)c(F)c1)C1CCCCS1(=O)=O. The zero-order valence-corrected chi connectivity index (χ0v) is 11.8. The van der Waals surface area contributed by atoms with Gasteiger partial charge in [0.15, 0.2) is 9.84 Å². The Morgan fingerprint density at radius 2 is 1.90 bits per heavy atom. The highest BCUT2D eigenvalue weighted by Crippen LogP contribution is 2.34. The van der Waals surface area contributed by atoms with Crippen molar-refractivity contribution in [3.63, 3.8) is 0 Å². The third-order valence-corrected chi connectivity index (χ3v) is 6.02. The number of hydrogen-bond donors (Lipinski definition) is 1. The van der Waals surface area contributed by atoms with E-state index in [2.05, 4.69) is 0 Å². The van der Waals surface area contributed by atoms with Crippen LogP contribution in [0.3, 0.4) is 0 Å². The van der Waals surface area contributed by atoms with Crippen LogP contribution in [-0.4, -0.2) is 19.4 Å². The summed E-state index contributed by atoms with van der Waals surface area (Å²) in [5.74, 6) is -1.43. The molecule has 1 aromatic rings. The highest BCUT2D eigenvalue weighted by atomic mass is 32.2. The summed E-state index contributed by atoms with van der Waals surface area (Å²) in [6.45, 7) is 0. The highest BCUT2D eigenvalue weighted by molar-refractivity contribution is 7.92. The van der Waals surface area contributed by atoms with E-state index in [-0.39, 0.29) is 11.3 Å². The van der Waals surface area contributed by atoms with Crippen molar-refractivity contribution in [2.45, 2.75) is 36.7 Å². The van der Waals surface area contributed by atoms with Crippen molar-refractivity contribution in [3.05, 3.63) is 35.1 Å². The molecule has 0 saturated carbocycles. The molecule has 2 unspecified atom stereocenters. The molecule has 1 heterocycles. The van der Waals surface area contributed by atoms with Gasteiger partial charge in [0.1, 0.15) is 5.82 Å². The number of rotatable bonds is 2. The van der Waals surface area contributed by atoms with E-state index in [0.717, 1.165) is 6.07 Å². The first-order valence-electron chi connectivity index (χ1n) is 6.47. The van der Waals surface area contributed by atoms with Crippen LogP contribution in [0.15, 0.2) is 18.2 Å². The quantitative estimate of drug-likeness (QED) is 0.851. The van der Waals surface area contributed by atoms with Gasteiger partial charge in [-0.15, -0.1) is 0 Å². The van der Waals surface area contributed by atoms with E-state index < -0.39 is 38.7 Å². The Balaban J connectivity index is 2.32. The minimum Gasteiger partial charge on any atom is -0.323 e. The molecule has 21 heavy (non-hydrogen) atoms. The molecule has 2 rings (SSSR count). The summed E-state index contributed by atoms with van der Waals surface area (Å²) in [6, 6.07) is 1.30. The van der Waals surface area contributed by atoms with Gasteiger partial charge in [-0.05, 0) is 30.5 Å². The second kappa shape index (κ2) is 5.57. The van der Waals surface area contributed by atoms with Crippen LogP contribution in [0.1, 0.15) is 36.4 Å². The van der Waals surface area contributed by atoms with E-state index in [1.165, 1.54) is 0 Å². The van der Waals surface area contributed by atoms with E-state index in [9.17, 15) is 26.0 Å². The maximum atomic E-state index is 13.5. The maximum Gasteiger partial charge on any atom is 0.419 e. The molecule has 1 fully saturated rings. The van der Waals surface area contributed by atoms with E-state index in [4.69, 9.17) is 5.73 Å². The topological polar surface area (TPSA) is 60.2 Å². The van der Waals surface area contributed by atoms with Gasteiger partial charge >= 0.3 is 6.18 Å². The highest BCUT2D eigenvalue weighted by Gasteiger charge is 2.37. The fraction of sp³-hybridized carbons (Fsp3) is 0.538. The number of nitrogens with two attached hydrogens (primary N) is 1. The van der Waals surface area contributed by atoms with E-state index >= 15 is 0 Å². The zero-order valence-electron chi connectivity index (χ0n) is 11.0. The van der Waals surface area contributed by atoms with Crippen LogP contribution in [0.4, 0.5) is 17.6 Å². The first-order valence-corrected chi connectivity index (χ1v) is 8.18. The fourth-order valence-corrected chi connectivity index (χ4v) is 4.60. The van der Waals surface area contributed by atoms with Gasteiger partial charge in [0.25, 0.3) is 0 Å². The molecule has 1 aromatic carbocycles. The van der Waals surface area contributed by atoms with Crippen molar-refractivity contribution in [1.29, 1.82) is 0 Å². The Labute approximate surface area is 120 Å². The third kappa shape index (κ3) is 3.37. The summed E-state index contributed by atoms with van der Waals surface area (Å²) < 4.78 is 74.9. The van der Waals surface area contributed by atoms with Crippen LogP contribution in [0.5, 0.6) is 0 Å². The molecule has 0 radical (unpaired) electrons. The monoisotopic (exact) mass is 325 g/mol. The maximum absolute atomic E-state index is 13.5. The molecule has 1 saturated heterocycles. The van der Waals surface area contributed by atoms with Gasteiger partial charge in [0.2, 0.25) is 0 Å². The molecule has 0 spiro atoms. The van der Waals surface area contributed by atoms with Gasteiger partial charge in [0, 0.05) is 6.04 Å². The Kier molecular flexibility index (Phi) is 4.30. The molecule has 0 bridgehead atoms. The standard InChI is InChI=1S/C13H15F4NO2S/c14-10-7-8(4-5-9(10)13(15,16)17)12(18)11-3-1-2-6-21(11,19)20/h4-5,7,11-12H,1-3,6,18H2. The van der Waals surface area contributed by atoms with Crippen LogP contribution in [0.25, 0.3) is 0 Å². The minimum atomic E-state index is -4.79. The first kappa shape index (κ1) is 16.2. The number of benzene rings is 1. The van der Waals surface area contributed by atoms with E-state index in [0.29, 0.717) is 31.4 Å². The van der Waals surface area contributed by atoms with E-state index in [1.807, 2.05) is 0 Å². The number of sulfone groups is 1. The molecule has 118 valence electrons. The molecule has 2 atom stereocenters. The fourth-order valence-electron chi connectivity index (χ4n) is 2.57. The van der Waals surface area contributed by atoms with Crippen molar-refractivity contribution in [1.82, 2.24) is 0 Å². The average molecular weight is 325 g/mol. The van der Waals surface area contributed by atoms with Gasteiger partial charge in [-0.2, -0.15) is 13.2 Å². The number of halogens is 4. The smallest absolute Gasteiger partial charge is 0.323 e. The molecule has 1 aliphatic rings. The average Bonchev–Trinajstić information content (AvgIpc) is 2.35. The third-order valence-electron chi connectivity index (χ3n) is 3.71. The lowest BCUT2D eigenvalue weighted by Crippen LogP contribution is -2.37. The Hall–Kier alpha value is -1.15. The van der Waals surface area contributed by atoms with Gasteiger partial charge in [-0.1, -0.05) is 12.5 Å². The molecule has 3 nitrogen and oxygen atoms in total. The van der Waals surface area contributed by atoms with Crippen LogP contribution in [-0.2, 0) is 16.0 Å². The second-order valence-corrected chi connectivity index (χ2v) is 7.50. The van der Waals surface area contributed by atoms with Crippen molar-refractivity contribution in [3.8, 4) is 0 Å². The van der Waals surface area contributed by atoms with Crippen LogP contribution in [0.2, 0.25) is 0 Å². The number of hydrogen-bond acceptors (Lipinski definition) is 3. The molecular formula is C13H15F4NO2S. The van der Waals surface area contributed by atoms with Crippen LogP contribution >= 0.6 is 0 Å². The van der Waals surface area contributed by atoms with Crippen molar-refractivity contribution in [2.75, 3.05) is 5.75 Å². The summed E-state index contributed by atoms with van der Waals surface area (Å²) in [7, 11) is -3.39. The van der Waals surface area contributed by atoms with Gasteiger partial charge < -0.3 is 5.73 Å². The largest absolute Gasteiger partial charge is 0.419 e. The summed E-state index contributed by atoms with van der Waals surface area (Å²) in [4.78, 5) is 0. The second-order valence-electron chi connectivity index (χ2n) is 5.16. The molecule has 0 aromatic heterocycles.